The molecule has 3 rings (SSSR count). The van der Waals surface area contributed by atoms with Gasteiger partial charge in [0, 0.05) is 0 Å². The zero-order valence-corrected chi connectivity index (χ0v) is 14.0. The van der Waals surface area contributed by atoms with Gasteiger partial charge >= 0.3 is 5.97 Å². The van der Waals surface area contributed by atoms with E-state index in [4.69, 9.17) is 9.47 Å². The second-order valence-corrected chi connectivity index (χ2v) is 6.35. The van der Waals surface area contributed by atoms with Crippen LogP contribution < -0.4 is 5.56 Å². The maximum atomic E-state index is 12.2. The second-order valence-electron chi connectivity index (χ2n) is 6.35. The SMILES string of the molecule is COC(=O)c1ccc2c(=O)[nH]c(CO[C@@H]3CCCC[C@H]3C)nc2c1. The fourth-order valence-electron chi connectivity index (χ4n) is 3.22. The third-order valence-electron chi connectivity index (χ3n) is 4.64. The van der Waals surface area contributed by atoms with Crippen molar-refractivity contribution in [1.29, 1.82) is 0 Å². The van der Waals surface area contributed by atoms with E-state index in [0.29, 0.717) is 28.2 Å². The average Bonchev–Trinajstić information content (AvgIpc) is 2.60. The first-order chi connectivity index (χ1) is 11.6. The summed E-state index contributed by atoms with van der Waals surface area (Å²) in [4.78, 5) is 31.0. The van der Waals surface area contributed by atoms with Crippen molar-refractivity contribution < 1.29 is 14.3 Å². The van der Waals surface area contributed by atoms with Gasteiger partial charge in [0.25, 0.3) is 5.56 Å². The van der Waals surface area contributed by atoms with Crippen LogP contribution in [0.5, 0.6) is 0 Å². The number of carbonyl (C=O) groups is 1. The molecule has 1 fully saturated rings. The van der Waals surface area contributed by atoms with Crippen LogP contribution in [0, 0.1) is 5.92 Å². The predicted molar refractivity (Wildman–Crippen MR) is 89.9 cm³/mol. The predicted octanol–water partition coefficient (Wildman–Crippen LogP) is 2.81. The number of methoxy groups -OCH3 is 1. The maximum absolute atomic E-state index is 12.2. The summed E-state index contributed by atoms with van der Waals surface area (Å²) < 4.78 is 10.7. The second kappa shape index (κ2) is 7.13. The molecule has 0 amide bonds. The topological polar surface area (TPSA) is 81.3 Å². The van der Waals surface area contributed by atoms with E-state index in [0.717, 1.165) is 6.42 Å². The van der Waals surface area contributed by atoms with Crippen LogP contribution in [0.15, 0.2) is 23.0 Å². The molecule has 0 unspecified atom stereocenters. The van der Waals surface area contributed by atoms with Gasteiger partial charge in [0.15, 0.2) is 0 Å². The van der Waals surface area contributed by atoms with Gasteiger partial charge in [0.1, 0.15) is 12.4 Å². The Bertz CT molecular complexity index is 799. The number of hydrogen-bond donors (Lipinski definition) is 1. The molecule has 1 N–H and O–H groups in total. The number of ether oxygens (including phenoxy) is 2. The molecular formula is C18H22N2O4. The lowest BCUT2D eigenvalue weighted by molar-refractivity contribution is -0.0181. The van der Waals surface area contributed by atoms with Crippen molar-refractivity contribution in [3.63, 3.8) is 0 Å². The molecule has 1 aromatic heterocycles. The number of nitrogens with one attached hydrogen (secondary N) is 1. The van der Waals surface area contributed by atoms with Crippen molar-refractivity contribution >= 4 is 16.9 Å². The van der Waals surface area contributed by atoms with Crippen LogP contribution in [-0.2, 0) is 16.1 Å². The van der Waals surface area contributed by atoms with Gasteiger partial charge in [-0.15, -0.1) is 0 Å². The number of hydrogen-bond acceptors (Lipinski definition) is 5. The highest BCUT2D eigenvalue weighted by molar-refractivity contribution is 5.93. The highest BCUT2D eigenvalue weighted by Gasteiger charge is 2.22. The Kier molecular flexibility index (Phi) is 4.94. The first-order valence-electron chi connectivity index (χ1n) is 8.31. The fraction of sp³-hybridized carbons (Fsp3) is 0.500. The van der Waals surface area contributed by atoms with E-state index in [1.807, 2.05) is 0 Å². The van der Waals surface area contributed by atoms with E-state index < -0.39 is 5.97 Å². The third kappa shape index (κ3) is 3.48. The number of aromatic nitrogens is 2. The number of nitrogens with zero attached hydrogens (tertiary/aromatic N) is 1. The molecule has 0 bridgehead atoms. The Labute approximate surface area is 140 Å². The van der Waals surface area contributed by atoms with E-state index in [-0.39, 0.29) is 18.3 Å². The molecule has 1 aromatic carbocycles. The molecule has 0 spiro atoms. The highest BCUT2D eigenvalue weighted by Crippen LogP contribution is 2.26. The first kappa shape index (κ1) is 16.6. The van der Waals surface area contributed by atoms with Crippen LogP contribution in [0.2, 0.25) is 0 Å². The monoisotopic (exact) mass is 330 g/mol. The smallest absolute Gasteiger partial charge is 0.337 e. The van der Waals surface area contributed by atoms with Crippen molar-refractivity contribution in [1.82, 2.24) is 9.97 Å². The number of H-pyrrole nitrogens is 1. The van der Waals surface area contributed by atoms with Crippen molar-refractivity contribution in [3.8, 4) is 0 Å². The molecule has 2 aromatic rings. The lowest BCUT2D eigenvalue weighted by Crippen LogP contribution is -2.26. The molecule has 6 heteroatoms. The van der Waals surface area contributed by atoms with Gasteiger partial charge in [-0.2, -0.15) is 0 Å². The molecule has 1 aliphatic carbocycles. The van der Waals surface area contributed by atoms with Gasteiger partial charge in [0.05, 0.1) is 29.7 Å². The van der Waals surface area contributed by atoms with E-state index in [9.17, 15) is 9.59 Å². The van der Waals surface area contributed by atoms with Gasteiger partial charge in [-0.25, -0.2) is 9.78 Å². The van der Waals surface area contributed by atoms with Gasteiger partial charge in [0.2, 0.25) is 0 Å². The Balaban J connectivity index is 1.83. The number of aromatic amines is 1. The summed E-state index contributed by atoms with van der Waals surface area (Å²) in [6, 6.07) is 4.72. The summed E-state index contributed by atoms with van der Waals surface area (Å²) in [6.45, 7) is 2.46. The van der Waals surface area contributed by atoms with E-state index >= 15 is 0 Å². The summed E-state index contributed by atoms with van der Waals surface area (Å²) in [7, 11) is 1.32. The minimum atomic E-state index is -0.451. The number of rotatable bonds is 4. The van der Waals surface area contributed by atoms with Crippen molar-refractivity contribution in [2.45, 2.75) is 45.3 Å². The Hall–Kier alpha value is -2.21. The number of carbonyl (C=O) groups excluding carboxylic acids is 1. The van der Waals surface area contributed by atoms with E-state index in [2.05, 4.69) is 16.9 Å². The standard InChI is InChI=1S/C18H22N2O4/c1-11-5-3-4-6-15(11)24-10-16-19-14-9-12(18(22)23-2)7-8-13(14)17(21)20-16/h7-9,11,15H,3-6,10H2,1-2H3,(H,19,20,21)/t11-,15-/m1/s1. The lowest BCUT2D eigenvalue weighted by Gasteiger charge is -2.28. The van der Waals surface area contributed by atoms with Crippen LogP contribution in [0.1, 0.15) is 48.8 Å². The molecule has 0 saturated heterocycles. The number of fused-ring (bicyclic) bond motifs is 1. The van der Waals surface area contributed by atoms with Crippen LogP contribution >= 0.6 is 0 Å². The van der Waals surface area contributed by atoms with Crippen LogP contribution in [0.25, 0.3) is 10.9 Å². The van der Waals surface area contributed by atoms with Crippen molar-refractivity contribution in [2.75, 3.05) is 7.11 Å². The van der Waals surface area contributed by atoms with Crippen molar-refractivity contribution in [2.24, 2.45) is 5.92 Å². The molecule has 2 atom stereocenters. The summed E-state index contributed by atoms with van der Waals surface area (Å²) in [6.07, 6.45) is 4.86. The minimum absolute atomic E-state index is 0.209. The van der Waals surface area contributed by atoms with Gasteiger partial charge in [-0.1, -0.05) is 19.8 Å². The Morgan fingerprint density at radius 2 is 2.12 bits per heavy atom. The quantitative estimate of drug-likeness (QED) is 0.872. The zero-order valence-electron chi connectivity index (χ0n) is 14.0. The molecule has 1 saturated carbocycles. The third-order valence-corrected chi connectivity index (χ3v) is 4.64. The highest BCUT2D eigenvalue weighted by atomic mass is 16.5. The lowest BCUT2D eigenvalue weighted by atomic mass is 9.88. The first-order valence-corrected chi connectivity index (χ1v) is 8.31. The molecule has 1 heterocycles. The summed E-state index contributed by atoms with van der Waals surface area (Å²) in [5.41, 5.74) is 0.611. The van der Waals surface area contributed by atoms with Crippen LogP contribution in [-0.4, -0.2) is 29.2 Å². The van der Waals surface area contributed by atoms with Gasteiger partial charge < -0.3 is 14.5 Å². The van der Waals surface area contributed by atoms with E-state index in [1.165, 1.54) is 26.4 Å². The van der Waals surface area contributed by atoms with Crippen molar-refractivity contribution in [3.05, 3.63) is 39.9 Å². The molecule has 6 nitrogen and oxygen atoms in total. The fourth-order valence-corrected chi connectivity index (χ4v) is 3.22. The molecular weight excluding hydrogens is 308 g/mol. The molecule has 1 aliphatic rings. The number of benzene rings is 1. The number of esters is 1. The molecule has 128 valence electrons. The van der Waals surface area contributed by atoms with Gasteiger partial charge in [-0.05, 0) is 37.0 Å². The summed E-state index contributed by atoms with van der Waals surface area (Å²) in [5, 5.41) is 0.442. The Morgan fingerprint density at radius 1 is 1.33 bits per heavy atom. The van der Waals surface area contributed by atoms with Gasteiger partial charge in [-0.3, -0.25) is 4.79 Å². The zero-order chi connectivity index (χ0) is 17.1. The largest absolute Gasteiger partial charge is 0.465 e. The molecule has 0 aliphatic heterocycles. The Morgan fingerprint density at radius 3 is 2.88 bits per heavy atom. The van der Waals surface area contributed by atoms with E-state index in [1.54, 1.807) is 18.2 Å². The molecule has 24 heavy (non-hydrogen) atoms. The van der Waals surface area contributed by atoms with Crippen LogP contribution in [0.3, 0.4) is 0 Å². The summed E-state index contributed by atoms with van der Waals surface area (Å²) in [5.74, 6) is 0.553. The summed E-state index contributed by atoms with van der Waals surface area (Å²) >= 11 is 0. The van der Waals surface area contributed by atoms with Crippen LogP contribution in [0.4, 0.5) is 0 Å². The minimum Gasteiger partial charge on any atom is -0.465 e. The normalized spacial score (nSPS) is 20.9. The maximum Gasteiger partial charge on any atom is 0.337 e. The molecule has 0 radical (unpaired) electrons. The average molecular weight is 330 g/mol.